The van der Waals surface area contributed by atoms with Crippen LogP contribution in [0.5, 0.6) is 0 Å². The van der Waals surface area contributed by atoms with Crippen LogP contribution in [-0.2, 0) is 10.8 Å². The summed E-state index contributed by atoms with van der Waals surface area (Å²) in [6.45, 7) is 20.5. The molecule has 6 rings (SSSR count). The van der Waals surface area contributed by atoms with Gasteiger partial charge in [0, 0.05) is 28.5 Å². The highest BCUT2D eigenvalue weighted by molar-refractivity contribution is 6.88. The van der Waals surface area contributed by atoms with E-state index >= 15 is 0 Å². The molecule has 4 nitrogen and oxygen atoms in total. The van der Waals surface area contributed by atoms with Crippen molar-refractivity contribution in [3.8, 4) is 56.5 Å². The lowest BCUT2D eigenvalue weighted by atomic mass is 9.86. The van der Waals surface area contributed by atoms with Gasteiger partial charge in [0.1, 0.15) is 0 Å². The summed E-state index contributed by atoms with van der Waals surface area (Å²) in [7, 11) is -1.32. The molecule has 0 saturated heterocycles. The molecule has 0 amide bonds. The summed E-state index contributed by atoms with van der Waals surface area (Å²) in [5.74, 6) is 1.90. The van der Waals surface area contributed by atoms with Gasteiger partial charge in [0.2, 0.25) is 0 Å². The molecule has 0 aliphatic rings. The molecule has 0 unspecified atom stereocenters. The van der Waals surface area contributed by atoms with Gasteiger partial charge in [-0.05, 0) is 45.2 Å². The normalized spacial score (nSPS) is 12.3. The lowest BCUT2D eigenvalue weighted by Gasteiger charge is -2.19. The summed E-state index contributed by atoms with van der Waals surface area (Å²) >= 11 is 0. The first-order chi connectivity index (χ1) is 22.6. The van der Waals surface area contributed by atoms with Crippen molar-refractivity contribution in [3.05, 3.63) is 127 Å². The minimum atomic E-state index is -1.32. The van der Waals surface area contributed by atoms with Crippen molar-refractivity contribution in [2.45, 2.75) is 72.0 Å². The lowest BCUT2D eigenvalue weighted by Crippen LogP contribution is -2.37. The molecule has 4 aromatic carbocycles. The Hall–Kier alpha value is -4.74. The van der Waals surface area contributed by atoms with Gasteiger partial charge in [-0.3, -0.25) is 4.98 Å². The number of rotatable bonds is 6. The van der Waals surface area contributed by atoms with Gasteiger partial charge < -0.3 is 0 Å². The molecule has 0 N–H and O–H groups in total. The molecule has 0 spiro atoms. The summed E-state index contributed by atoms with van der Waals surface area (Å²) < 4.78 is 0. The number of pyridine rings is 1. The fraction of sp³-hybridized carbons (Fsp3) is 0.256. The Labute approximate surface area is 287 Å². The van der Waals surface area contributed by atoms with E-state index in [0.717, 1.165) is 27.9 Å². The molecule has 0 atom stereocenters. The van der Waals surface area contributed by atoms with Crippen molar-refractivity contribution in [2.24, 2.45) is 0 Å². The van der Waals surface area contributed by atoms with Crippen molar-refractivity contribution in [1.82, 2.24) is 19.9 Å². The number of benzene rings is 4. The zero-order valence-corrected chi connectivity index (χ0v) is 30.8. The summed E-state index contributed by atoms with van der Waals surface area (Å²) in [6, 6.07) is 38.9. The van der Waals surface area contributed by atoms with Gasteiger partial charge in [-0.25, -0.2) is 15.0 Å². The first-order valence-electron chi connectivity index (χ1n) is 16.8. The maximum absolute atomic E-state index is 4.96. The standard InChI is InChI=1S/C43H46N4Si/c1-42(2,3)35-21-14-32(15-22-35)39-45-40(33-16-23-36(24-17-33)43(4,5)6)47-41(46-39)34-20-27-38(44-28-34)31-12-10-29(11-13-31)30-18-25-37(26-19-30)48(7,8)9/h10-28H,1-9H3. The third-order valence-electron chi connectivity index (χ3n) is 8.94. The highest BCUT2D eigenvalue weighted by Crippen LogP contribution is 2.30. The Balaban J connectivity index is 1.32. The Morgan fingerprint density at radius 2 is 0.750 bits per heavy atom. The predicted octanol–water partition coefficient (Wildman–Crippen LogP) is 10.7. The molecule has 0 aliphatic heterocycles. The fourth-order valence-electron chi connectivity index (χ4n) is 5.69. The van der Waals surface area contributed by atoms with Crippen LogP contribution in [0.15, 0.2) is 115 Å². The summed E-state index contributed by atoms with van der Waals surface area (Å²) in [5.41, 5.74) is 9.84. The summed E-state index contributed by atoms with van der Waals surface area (Å²) in [6.07, 6.45) is 1.87. The second-order valence-electron chi connectivity index (χ2n) is 15.8. The first kappa shape index (κ1) is 33.2. The van der Waals surface area contributed by atoms with Crippen LogP contribution in [-0.4, -0.2) is 28.0 Å². The molecule has 0 saturated carbocycles. The van der Waals surface area contributed by atoms with Gasteiger partial charge >= 0.3 is 0 Å². The average molecular weight is 647 g/mol. The molecule has 2 heterocycles. The number of hydrogen-bond acceptors (Lipinski definition) is 4. The van der Waals surface area contributed by atoms with E-state index in [1.807, 2.05) is 12.3 Å². The third kappa shape index (κ3) is 7.37. The van der Waals surface area contributed by atoms with Crippen LogP contribution in [0.2, 0.25) is 19.6 Å². The Kier molecular flexibility index (Phi) is 8.78. The third-order valence-corrected chi connectivity index (χ3v) is 11.0. The molecule has 2 aromatic heterocycles. The maximum atomic E-state index is 4.96. The van der Waals surface area contributed by atoms with E-state index in [1.54, 1.807) is 0 Å². The summed E-state index contributed by atoms with van der Waals surface area (Å²) in [5, 5.41) is 1.47. The fourth-order valence-corrected chi connectivity index (χ4v) is 6.86. The molecule has 6 aromatic rings. The van der Waals surface area contributed by atoms with Crippen molar-refractivity contribution < 1.29 is 0 Å². The van der Waals surface area contributed by atoms with E-state index in [0.29, 0.717) is 17.5 Å². The molecule has 5 heteroatoms. The minimum absolute atomic E-state index is 0.0649. The van der Waals surface area contributed by atoms with E-state index in [-0.39, 0.29) is 10.8 Å². The van der Waals surface area contributed by atoms with Gasteiger partial charge in [0.25, 0.3) is 0 Å². The lowest BCUT2D eigenvalue weighted by molar-refractivity contribution is 0.590. The van der Waals surface area contributed by atoms with Crippen LogP contribution in [0.1, 0.15) is 52.7 Å². The second kappa shape index (κ2) is 12.7. The zero-order chi connectivity index (χ0) is 34.3. The molecule has 0 fully saturated rings. The average Bonchev–Trinajstić information content (AvgIpc) is 3.07. The molecule has 0 radical (unpaired) electrons. The van der Waals surface area contributed by atoms with Crippen LogP contribution in [0.25, 0.3) is 56.5 Å². The topological polar surface area (TPSA) is 51.6 Å². The highest BCUT2D eigenvalue weighted by atomic mass is 28.3. The van der Waals surface area contributed by atoms with Crippen molar-refractivity contribution in [2.75, 3.05) is 0 Å². The highest BCUT2D eigenvalue weighted by Gasteiger charge is 2.18. The van der Waals surface area contributed by atoms with E-state index in [9.17, 15) is 0 Å². The van der Waals surface area contributed by atoms with Gasteiger partial charge in [-0.1, -0.05) is 163 Å². The molecular formula is C43H46N4Si. The molecule has 48 heavy (non-hydrogen) atoms. The van der Waals surface area contributed by atoms with Crippen LogP contribution in [0.3, 0.4) is 0 Å². The van der Waals surface area contributed by atoms with Crippen molar-refractivity contribution in [1.29, 1.82) is 0 Å². The Bertz CT molecular complexity index is 1930. The molecule has 0 aliphatic carbocycles. The minimum Gasteiger partial charge on any atom is -0.255 e. The van der Waals surface area contributed by atoms with Crippen molar-refractivity contribution >= 4 is 13.3 Å². The van der Waals surface area contributed by atoms with Gasteiger partial charge in [-0.15, -0.1) is 0 Å². The van der Waals surface area contributed by atoms with Crippen molar-refractivity contribution in [3.63, 3.8) is 0 Å². The summed E-state index contributed by atoms with van der Waals surface area (Å²) in [4.78, 5) is 19.7. The van der Waals surface area contributed by atoms with Crippen LogP contribution in [0, 0.1) is 0 Å². The maximum Gasteiger partial charge on any atom is 0.165 e. The van der Waals surface area contributed by atoms with Crippen LogP contribution < -0.4 is 5.19 Å². The quantitative estimate of drug-likeness (QED) is 0.169. The molecular weight excluding hydrogens is 601 g/mol. The van der Waals surface area contributed by atoms with Crippen LogP contribution >= 0.6 is 0 Å². The Morgan fingerprint density at radius 3 is 1.12 bits per heavy atom. The largest absolute Gasteiger partial charge is 0.255 e. The number of nitrogens with zero attached hydrogens (tertiary/aromatic N) is 4. The molecule has 242 valence electrons. The first-order valence-corrected chi connectivity index (χ1v) is 20.3. The SMILES string of the molecule is CC(C)(C)c1ccc(-c2nc(-c3ccc(C(C)(C)C)cc3)nc(-c3ccc(-c4ccc(-c5ccc([Si](C)(C)C)cc5)cc4)nc3)n2)cc1. The monoisotopic (exact) mass is 646 g/mol. The zero-order valence-electron chi connectivity index (χ0n) is 29.8. The van der Waals surface area contributed by atoms with Crippen LogP contribution in [0.4, 0.5) is 0 Å². The second-order valence-corrected chi connectivity index (χ2v) is 20.9. The van der Waals surface area contributed by atoms with Gasteiger partial charge in [-0.2, -0.15) is 0 Å². The Morgan fingerprint density at radius 1 is 0.396 bits per heavy atom. The van der Waals surface area contributed by atoms with Gasteiger partial charge in [0.05, 0.1) is 13.8 Å². The van der Waals surface area contributed by atoms with E-state index in [4.69, 9.17) is 19.9 Å². The van der Waals surface area contributed by atoms with Gasteiger partial charge in [0.15, 0.2) is 17.5 Å². The smallest absolute Gasteiger partial charge is 0.165 e. The van der Waals surface area contributed by atoms with E-state index in [1.165, 1.54) is 27.4 Å². The van der Waals surface area contributed by atoms with E-state index in [2.05, 4.69) is 164 Å². The van der Waals surface area contributed by atoms with E-state index < -0.39 is 8.07 Å². The number of aromatic nitrogens is 4. The number of hydrogen-bond donors (Lipinski definition) is 0. The predicted molar refractivity (Wildman–Crippen MR) is 205 cm³/mol. The molecule has 0 bridgehead atoms.